The molecule has 0 amide bonds. The minimum Gasteiger partial charge on any atom is -0.374 e. The Bertz CT molecular complexity index is 164. The molecule has 0 fully saturated rings. The number of carbonyl (C=O) groups is 2. The van der Waals surface area contributed by atoms with Gasteiger partial charge < -0.3 is 9.53 Å². The molecule has 0 bridgehead atoms. The number of rotatable bonds is 8. The van der Waals surface area contributed by atoms with E-state index in [0.717, 1.165) is 12.8 Å². The van der Waals surface area contributed by atoms with Gasteiger partial charge in [0, 0.05) is 19.4 Å². The normalized spacial score (nSPS) is 10.0. The van der Waals surface area contributed by atoms with E-state index in [2.05, 4.69) is 0 Å². The van der Waals surface area contributed by atoms with Crippen molar-refractivity contribution in [3.63, 3.8) is 0 Å². The van der Waals surface area contributed by atoms with E-state index in [1.165, 1.54) is 0 Å². The van der Waals surface area contributed by atoms with E-state index in [0.29, 0.717) is 19.4 Å². The molecule has 0 aliphatic rings. The van der Waals surface area contributed by atoms with Gasteiger partial charge in [0.15, 0.2) is 5.78 Å². The number of ketones is 2. The molecule has 0 heterocycles. The predicted molar refractivity (Wildman–Crippen MR) is 50.6 cm³/mol. The average molecular weight is 186 g/mol. The molecule has 3 heteroatoms. The third-order valence-electron chi connectivity index (χ3n) is 1.61. The lowest BCUT2D eigenvalue weighted by molar-refractivity contribution is -0.123. The van der Waals surface area contributed by atoms with Crippen LogP contribution in [0.15, 0.2) is 0 Å². The van der Waals surface area contributed by atoms with Gasteiger partial charge in [-0.2, -0.15) is 0 Å². The molecule has 0 aromatic heterocycles. The summed E-state index contributed by atoms with van der Waals surface area (Å²) in [4.78, 5) is 21.5. The molecule has 13 heavy (non-hydrogen) atoms. The van der Waals surface area contributed by atoms with Crippen LogP contribution in [0, 0.1) is 0 Å². The fraction of sp³-hybridized carbons (Fsp3) is 0.800. The molecule has 0 aromatic rings. The smallest absolute Gasteiger partial charge is 0.158 e. The van der Waals surface area contributed by atoms with Crippen molar-refractivity contribution in [2.24, 2.45) is 0 Å². The summed E-state index contributed by atoms with van der Waals surface area (Å²) in [6, 6.07) is 0. The lowest BCUT2D eigenvalue weighted by atomic mass is 10.2. The van der Waals surface area contributed by atoms with Crippen molar-refractivity contribution in [3.05, 3.63) is 0 Å². The van der Waals surface area contributed by atoms with Crippen LogP contribution >= 0.6 is 0 Å². The number of Topliss-reactive ketones (excluding diaryl/α,β-unsaturated/α-hetero) is 2. The molecular formula is C10H18O3. The van der Waals surface area contributed by atoms with E-state index in [-0.39, 0.29) is 18.2 Å². The molecule has 0 aliphatic carbocycles. The summed E-state index contributed by atoms with van der Waals surface area (Å²) in [5, 5.41) is 0. The van der Waals surface area contributed by atoms with Crippen molar-refractivity contribution >= 4 is 11.6 Å². The van der Waals surface area contributed by atoms with Crippen LogP contribution in [0.4, 0.5) is 0 Å². The lowest BCUT2D eigenvalue weighted by Gasteiger charge is -2.01. The fourth-order valence-electron chi connectivity index (χ4n) is 0.960. The third kappa shape index (κ3) is 9.21. The molecule has 76 valence electrons. The Hall–Kier alpha value is -0.700. The maximum Gasteiger partial charge on any atom is 0.158 e. The SMILES string of the molecule is CCCC(=O)COCCCC(C)=O. The van der Waals surface area contributed by atoms with Crippen LogP contribution in [-0.4, -0.2) is 24.8 Å². The summed E-state index contributed by atoms with van der Waals surface area (Å²) < 4.78 is 5.10. The van der Waals surface area contributed by atoms with Gasteiger partial charge in [-0.25, -0.2) is 0 Å². The number of hydrogen-bond donors (Lipinski definition) is 0. The van der Waals surface area contributed by atoms with E-state index in [9.17, 15) is 9.59 Å². The molecule has 3 nitrogen and oxygen atoms in total. The minimum atomic E-state index is 0.144. The Morgan fingerprint density at radius 1 is 1.23 bits per heavy atom. The highest BCUT2D eigenvalue weighted by molar-refractivity contribution is 5.79. The monoisotopic (exact) mass is 186 g/mol. The van der Waals surface area contributed by atoms with E-state index in [4.69, 9.17) is 4.74 Å². The molecule has 0 rings (SSSR count). The molecule has 0 atom stereocenters. The molecule has 0 unspecified atom stereocenters. The van der Waals surface area contributed by atoms with Gasteiger partial charge >= 0.3 is 0 Å². The van der Waals surface area contributed by atoms with Gasteiger partial charge in [0.1, 0.15) is 12.4 Å². The van der Waals surface area contributed by atoms with Crippen LogP contribution in [-0.2, 0) is 14.3 Å². The van der Waals surface area contributed by atoms with Crippen molar-refractivity contribution in [3.8, 4) is 0 Å². The maximum atomic E-state index is 10.9. The lowest BCUT2D eigenvalue weighted by Crippen LogP contribution is -2.09. The second-order valence-corrected chi connectivity index (χ2v) is 3.15. The summed E-state index contributed by atoms with van der Waals surface area (Å²) in [5.74, 6) is 0.314. The van der Waals surface area contributed by atoms with Crippen molar-refractivity contribution in [1.82, 2.24) is 0 Å². The highest BCUT2D eigenvalue weighted by Gasteiger charge is 1.99. The van der Waals surface area contributed by atoms with Crippen molar-refractivity contribution in [2.75, 3.05) is 13.2 Å². The zero-order valence-corrected chi connectivity index (χ0v) is 8.47. The molecule has 0 spiro atoms. The third-order valence-corrected chi connectivity index (χ3v) is 1.61. The summed E-state index contributed by atoms with van der Waals surface area (Å²) in [6.45, 7) is 4.23. The Labute approximate surface area is 79.5 Å². The number of carbonyl (C=O) groups excluding carboxylic acids is 2. The van der Waals surface area contributed by atoms with E-state index in [1.54, 1.807) is 6.92 Å². The molecule has 0 aromatic carbocycles. The van der Waals surface area contributed by atoms with Crippen LogP contribution in [0.5, 0.6) is 0 Å². The number of hydrogen-bond acceptors (Lipinski definition) is 3. The molecule has 0 radical (unpaired) electrons. The molecule has 0 aliphatic heterocycles. The first-order chi connectivity index (χ1) is 6.16. The average Bonchev–Trinajstić information content (AvgIpc) is 2.03. The standard InChI is InChI=1S/C10H18O3/c1-3-5-10(12)8-13-7-4-6-9(2)11/h3-8H2,1-2H3. The molecule has 0 N–H and O–H groups in total. The molecule has 0 saturated carbocycles. The van der Waals surface area contributed by atoms with Crippen molar-refractivity contribution < 1.29 is 14.3 Å². The molecule has 0 saturated heterocycles. The second kappa shape index (κ2) is 7.92. The highest BCUT2D eigenvalue weighted by Crippen LogP contribution is 1.94. The topological polar surface area (TPSA) is 43.4 Å². The van der Waals surface area contributed by atoms with Crippen LogP contribution in [0.1, 0.15) is 39.5 Å². The van der Waals surface area contributed by atoms with Crippen LogP contribution < -0.4 is 0 Å². The van der Waals surface area contributed by atoms with Gasteiger partial charge in [-0.05, 0) is 19.8 Å². The zero-order chi connectivity index (χ0) is 10.1. The summed E-state index contributed by atoms with van der Waals surface area (Å²) in [5.41, 5.74) is 0. The summed E-state index contributed by atoms with van der Waals surface area (Å²) in [6.07, 6.45) is 2.72. The van der Waals surface area contributed by atoms with Crippen molar-refractivity contribution in [2.45, 2.75) is 39.5 Å². The zero-order valence-electron chi connectivity index (χ0n) is 8.47. The van der Waals surface area contributed by atoms with E-state index in [1.807, 2.05) is 6.92 Å². The largest absolute Gasteiger partial charge is 0.374 e. The first-order valence-electron chi connectivity index (χ1n) is 4.75. The fourth-order valence-corrected chi connectivity index (χ4v) is 0.960. The predicted octanol–water partition coefficient (Wildman–Crippen LogP) is 1.74. The Morgan fingerprint density at radius 2 is 1.92 bits per heavy atom. The first kappa shape index (κ1) is 12.3. The molecular weight excluding hydrogens is 168 g/mol. The van der Waals surface area contributed by atoms with Gasteiger partial charge in [0.25, 0.3) is 0 Å². The van der Waals surface area contributed by atoms with Crippen molar-refractivity contribution in [1.29, 1.82) is 0 Å². The van der Waals surface area contributed by atoms with Gasteiger partial charge in [-0.1, -0.05) is 6.92 Å². The summed E-state index contributed by atoms with van der Waals surface area (Å²) >= 11 is 0. The minimum absolute atomic E-state index is 0.144. The maximum absolute atomic E-state index is 10.9. The Kier molecular flexibility index (Phi) is 7.50. The second-order valence-electron chi connectivity index (χ2n) is 3.15. The quantitative estimate of drug-likeness (QED) is 0.542. The van der Waals surface area contributed by atoms with Crippen LogP contribution in [0.3, 0.4) is 0 Å². The van der Waals surface area contributed by atoms with E-state index < -0.39 is 0 Å². The van der Waals surface area contributed by atoms with E-state index >= 15 is 0 Å². The van der Waals surface area contributed by atoms with Gasteiger partial charge in [0.05, 0.1) is 0 Å². The summed E-state index contributed by atoms with van der Waals surface area (Å²) in [7, 11) is 0. The van der Waals surface area contributed by atoms with Crippen LogP contribution in [0.25, 0.3) is 0 Å². The first-order valence-corrected chi connectivity index (χ1v) is 4.75. The Balaban J connectivity index is 3.16. The van der Waals surface area contributed by atoms with Crippen LogP contribution in [0.2, 0.25) is 0 Å². The van der Waals surface area contributed by atoms with Gasteiger partial charge in [0.2, 0.25) is 0 Å². The van der Waals surface area contributed by atoms with Gasteiger partial charge in [-0.3, -0.25) is 4.79 Å². The number of ether oxygens (including phenoxy) is 1. The van der Waals surface area contributed by atoms with Gasteiger partial charge in [-0.15, -0.1) is 0 Å². The Morgan fingerprint density at radius 3 is 2.46 bits per heavy atom. The highest BCUT2D eigenvalue weighted by atomic mass is 16.5.